The van der Waals surface area contributed by atoms with E-state index in [0.717, 1.165) is 6.42 Å². The van der Waals surface area contributed by atoms with E-state index in [2.05, 4.69) is 15.3 Å². The van der Waals surface area contributed by atoms with Crippen LogP contribution in [-0.4, -0.2) is 39.7 Å². The molecular weight excluding hydrogens is 304 g/mol. The average Bonchev–Trinajstić information content (AvgIpc) is 3.17. The molecule has 1 saturated carbocycles. The van der Waals surface area contributed by atoms with Crippen LogP contribution in [0, 0.1) is 0 Å². The molecule has 1 aliphatic carbocycles. The first-order valence-corrected chi connectivity index (χ1v) is 8.67. The maximum Gasteiger partial charge on any atom is 0.251 e. The van der Waals surface area contributed by atoms with Gasteiger partial charge < -0.3 is 10.1 Å². The number of nitrogens with one attached hydrogen (secondary N) is 1. The largest absolute Gasteiger partial charge is 0.378 e. The molecule has 1 aliphatic rings. The second-order valence-electron chi connectivity index (χ2n) is 6.11. The molecular formula is C18H24N4O2. The Bertz CT molecular complexity index is 636. The first-order valence-electron chi connectivity index (χ1n) is 8.67. The highest BCUT2D eigenvalue weighted by Gasteiger charge is 2.13. The Kier molecular flexibility index (Phi) is 5.96. The first kappa shape index (κ1) is 16.6. The summed E-state index contributed by atoms with van der Waals surface area (Å²) in [5.41, 5.74) is 0.599. The zero-order valence-electron chi connectivity index (χ0n) is 13.9. The second-order valence-corrected chi connectivity index (χ2v) is 6.11. The van der Waals surface area contributed by atoms with Crippen molar-refractivity contribution < 1.29 is 9.53 Å². The van der Waals surface area contributed by atoms with Crippen molar-refractivity contribution in [3.63, 3.8) is 0 Å². The van der Waals surface area contributed by atoms with Gasteiger partial charge in [0, 0.05) is 37.3 Å². The van der Waals surface area contributed by atoms with Gasteiger partial charge in [0.2, 0.25) is 0 Å². The van der Waals surface area contributed by atoms with Gasteiger partial charge in [0.1, 0.15) is 12.1 Å². The fourth-order valence-corrected chi connectivity index (χ4v) is 2.95. The lowest BCUT2D eigenvalue weighted by Crippen LogP contribution is -2.26. The van der Waals surface area contributed by atoms with E-state index in [0.29, 0.717) is 30.6 Å². The molecule has 0 spiro atoms. The Morgan fingerprint density at radius 3 is 2.96 bits per heavy atom. The number of amides is 1. The van der Waals surface area contributed by atoms with Crippen LogP contribution in [0.15, 0.2) is 37.1 Å². The van der Waals surface area contributed by atoms with Gasteiger partial charge in [0.15, 0.2) is 0 Å². The first-order chi connectivity index (χ1) is 11.8. The minimum Gasteiger partial charge on any atom is -0.378 e. The summed E-state index contributed by atoms with van der Waals surface area (Å²) in [6, 6.07) is 3.48. The summed E-state index contributed by atoms with van der Waals surface area (Å²) in [5.74, 6) is 0.595. The van der Waals surface area contributed by atoms with Gasteiger partial charge in [-0.15, -0.1) is 0 Å². The number of ether oxygens (including phenoxy) is 1. The van der Waals surface area contributed by atoms with Gasteiger partial charge in [-0.1, -0.05) is 19.3 Å². The van der Waals surface area contributed by atoms with Gasteiger partial charge >= 0.3 is 0 Å². The molecule has 2 aromatic rings. The van der Waals surface area contributed by atoms with E-state index in [1.807, 2.05) is 0 Å². The summed E-state index contributed by atoms with van der Waals surface area (Å²) in [4.78, 5) is 20.5. The number of imidazole rings is 1. The van der Waals surface area contributed by atoms with Crippen LogP contribution in [0.2, 0.25) is 0 Å². The number of rotatable bonds is 7. The van der Waals surface area contributed by atoms with E-state index in [4.69, 9.17) is 4.74 Å². The topological polar surface area (TPSA) is 69.0 Å². The van der Waals surface area contributed by atoms with Crippen LogP contribution in [0.1, 0.15) is 48.9 Å². The summed E-state index contributed by atoms with van der Waals surface area (Å²) in [6.45, 7) is 1.33. The standard InChI is InChI=1S/C18H24N4O2/c23-18(21-8-4-12-24-16-5-2-1-3-6-16)15-7-9-20-17(13-15)22-11-10-19-14-22/h7,9-11,13-14,16H,1-6,8,12H2,(H,21,23). The van der Waals surface area contributed by atoms with Crippen LogP contribution in [-0.2, 0) is 4.74 Å². The highest BCUT2D eigenvalue weighted by molar-refractivity contribution is 5.94. The van der Waals surface area contributed by atoms with Crippen LogP contribution in [0.25, 0.3) is 5.82 Å². The molecule has 6 nitrogen and oxygen atoms in total. The third-order valence-electron chi connectivity index (χ3n) is 4.29. The lowest BCUT2D eigenvalue weighted by Gasteiger charge is -2.21. The van der Waals surface area contributed by atoms with Crippen molar-refractivity contribution in [1.82, 2.24) is 19.9 Å². The molecule has 1 amide bonds. The fraction of sp³-hybridized carbons (Fsp3) is 0.500. The van der Waals surface area contributed by atoms with E-state index < -0.39 is 0 Å². The minimum atomic E-state index is -0.0866. The lowest BCUT2D eigenvalue weighted by molar-refractivity contribution is 0.0273. The number of aromatic nitrogens is 3. The molecule has 3 rings (SSSR count). The molecule has 2 heterocycles. The van der Waals surface area contributed by atoms with E-state index in [1.165, 1.54) is 32.1 Å². The third-order valence-corrected chi connectivity index (χ3v) is 4.29. The Morgan fingerprint density at radius 2 is 2.17 bits per heavy atom. The van der Waals surface area contributed by atoms with Crippen LogP contribution in [0.5, 0.6) is 0 Å². The summed E-state index contributed by atoms with van der Waals surface area (Å²) >= 11 is 0. The lowest BCUT2D eigenvalue weighted by atomic mass is 9.98. The van der Waals surface area contributed by atoms with E-state index in [9.17, 15) is 4.79 Å². The molecule has 0 unspecified atom stereocenters. The number of hydrogen-bond donors (Lipinski definition) is 1. The molecule has 2 aromatic heterocycles. The highest BCUT2D eigenvalue weighted by atomic mass is 16.5. The Morgan fingerprint density at radius 1 is 1.29 bits per heavy atom. The summed E-state index contributed by atoms with van der Waals surface area (Å²) in [7, 11) is 0. The summed E-state index contributed by atoms with van der Waals surface area (Å²) in [6.07, 6.45) is 14.3. The molecule has 1 N–H and O–H groups in total. The van der Waals surface area contributed by atoms with E-state index >= 15 is 0 Å². The van der Waals surface area contributed by atoms with Crippen molar-refractivity contribution in [2.45, 2.75) is 44.6 Å². The molecule has 0 radical (unpaired) electrons. The maximum atomic E-state index is 12.2. The molecule has 0 bridgehead atoms. The molecule has 1 fully saturated rings. The average molecular weight is 328 g/mol. The third kappa shape index (κ3) is 4.64. The molecule has 6 heteroatoms. The van der Waals surface area contributed by atoms with Crippen molar-refractivity contribution in [3.8, 4) is 5.82 Å². The normalized spacial score (nSPS) is 15.3. The van der Waals surface area contributed by atoms with Gasteiger partial charge in [-0.25, -0.2) is 9.97 Å². The smallest absolute Gasteiger partial charge is 0.251 e. The predicted molar refractivity (Wildman–Crippen MR) is 91.1 cm³/mol. The predicted octanol–water partition coefficient (Wildman–Crippen LogP) is 2.74. The van der Waals surface area contributed by atoms with Gasteiger partial charge in [0.25, 0.3) is 5.91 Å². The second kappa shape index (κ2) is 8.59. The zero-order valence-corrected chi connectivity index (χ0v) is 13.9. The minimum absolute atomic E-state index is 0.0866. The number of carbonyl (C=O) groups is 1. The van der Waals surface area contributed by atoms with Crippen molar-refractivity contribution in [2.24, 2.45) is 0 Å². The van der Waals surface area contributed by atoms with Crippen LogP contribution < -0.4 is 5.32 Å². The Balaban J connectivity index is 1.41. The Hall–Kier alpha value is -2.21. The van der Waals surface area contributed by atoms with Gasteiger partial charge in [-0.05, 0) is 31.4 Å². The summed E-state index contributed by atoms with van der Waals surface area (Å²) < 4.78 is 7.64. The monoisotopic (exact) mass is 328 g/mol. The number of pyridine rings is 1. The highest BCUT2D eigenvalue weighted by Crippen LogP contribution is 2.20. The zero-order chi connectivity index (χ0) is 16.6. The van der Waals surface area contributed by atoms with Gasteiger partial charge in [-0.2, -0.15) is 0 Å². The fourth-order valence-electron chi connectivity index (χ4n) is 2.95. The van der Waals surface area contributed by atoms with Crippen LogP contribution in [0.4, 0.5) is 0 Å². The van der Waals surface area contributed by atoms with Crippen LogP contribution >= 0.6 is 0 Å². The van der Waals surface area contributed by atoms with Crippen molar-refractivity contribution >= 4 is 5.91 Å². The molecule has 128 valence electrons. The van der Waals surface area contributed by atoms with E-state index in [1.54, 1.807) is 41.6 Å². The number of hydrogen-bond acceptors (Lipinski definition) is 4. The maximum absolute atomic E-state index is 12.2. The van der Waals surface area contributed by atoms with Crippen molar-refractivity contribution in [2.75, 3.05) is 13.2 Å². The van der Waals surface area contributed by atoms with Crippen LogP contribution in [0.3, 0.4) is 0 Å². The Labute approximate surface area is 142 Å². The number of carbonyl (C=O) groups excluding carboxylic acids is 1. The number of nitrogens with zero attached hydrogens (tertiary/aromatic N) is 3. The van der Waals surface area contributed by atoms with Crippen molar-refractivity contribution in [1.29, 1.82) is 0 Å². The quantitative estimate of drug-likeness (QED) is 0.794. The summed E-state index contributed by atoms with van der Waals surface area (Å²) in [5, 5.41) is 2.94. The molecule has 24 heavy (non-hydrogen) atoms. The molecule has 0 atom stereocenters. The molecule has 0 saturated heterocycles. The van der Waals surface area contributed by atoms with E-state index in [-0.39, 0.29) is 5.91 Å². The molecule has 0 aliphatic heterocycles. The van der Waals surface area contributed by atoms with Gasteiger partial charge in [-0.3, -0.25) is 9.36 Å². The SMILES string of the molecule is O=C(NCCCOC1CCCCC1)c1ccnc(-n2ccnc2)c1. The van der Waals surface area contributed by atoms with Gasteiger partial charge in [0.05, 0.1) is 6.10 Å². The van der Waals surface area contributed by atoms with Crippen molar-refractivity contribution in [3.05, 3.63) is 42.6 Å². The molecule has 0 aromatic carbocycles.